The Labute approximate surface area is 238 Å². The van der Waals surface area contributed by atoms with Crippen LogP contribution in [0.5, 0.6) is 17.2 Å². The third-order valence-corrected chi connectivity index (χ3v) is 8.07. The van der Waals surface area contributed by atoms with Gasteiger partial charge in [-0.25, -0.2) is 0 Å². The number of rotatable bonds is 7. The molecule has 2 heterocycles. The summed E-state index contributed by atoms with van der Waals surface area (Å²) in [6.07, 6.45) is 1.96. The number of non-ortho nitro benzene ring substituents is 1. The largest absolute Gasteiger partial charge is 0.505 e. The van der Waals surface area contributed by atoms with Gasteiger partial charge in [-0.1, -0.05) is 27.7 Å². The molecule has 0 spiro atoms. The van der Waals surface area contributed by atoms with Crippen LogP contribution in [0.3, 0.4) is 0 Å². The van der Waals surface area contributed by atoms with Gasteiger partial charge < -0.3 is 19.5 Å². The van der Waals surface area contributed by atoms with Crippen LogP contribution in [0, 0.1) is 10.1 Å². The number of hydrogen-bond acceptors (Lipinski definition) is 10. The number of ether oxygens (including phenoxy) is 2. The van der Waals surface area contributed by atoms with Gasteiger partial charge in [-0.05, 0) is 47.4 Å². The van der Waals surface area contributed by atoms with Gasteiger partial charge in [-0.15, -0.1) is 15.3 Å². The molecule has 11 nitrogen and oxygen atoms in total. The van der Waals surface area contributed by atoms with Gasteiger partial charge in [0.2, 0.25) is 0 Å². The predicted octanol–water partition coefficient (Wildman–Crippen LogP) is 8.32. The van der Waals surface area contributed by atoms with Crippen molar-refractivity contribution in [2.75, 3.05) is 32.2 Å². The zero-order chi connectivity index (χ0) is 29.5. The summed E-state index contributed by atoms with van der Waals surface area (Å²) >= 11 is 0. The van der Waals surface area contributed by atoms with E-state index in [0.717, 1.165) is 37.2 Å². The number of hydrogen-bond donors (Lipinski definition) is 1. The topological polar surface area (TPSA) is 135 Å². The molecule has 214 valence electrons. The number of nitro benzene ring substituents is 1. The van der Waals surface area contributed by atoms with Crippen molar-refractivity contribution in [3.63, 3.8) is 0 Å². The number of nitro groups is 1. The first-order chi connectivity index (χ1) is 19.4. The summed E-state index contributed by atoms with van der Waals surface area (Å²) in [5, 5.41) is 39.8. The Morgan fingerprint density at radius 2 is 1.37 bits per heavy atom. The molecule has 0 bridgehead atoms. The van der Waals surface area contributed by atoms with Crippen LogP contribution in [0.2, 0.25) is 0 Å². The van der Waals surface area contributed by atoms with Gasteiger partial charge in [0, 0.05) is 48.6 Å². The van der Waals surface area contributed by atoms with Crippen molar-refractivity contribution in [1.82, 2.24) is 0 Å². The van der Waals surface area contributed by atoms with E-state index in [1.807, 2.05) is 6.07 Å². The number of methoxy groups -OCH3 is 2. The minimum absolute atomic E-state index is 0.0309. The van der Waals surface area contributed by atoms with Crippen molar-refractivity contribution in [1.29, 1.82) is 0 Å². The molecular formula is C30H34N6O5. The second kappa shape index (κ2) is 10.5. The molecule has 0 amide bonds. The van der Waals surface area contributed by atoms with Crippen LogP contribution < -0.4 is 14.4 Å². The van der Waals surface area contributed by atoms with E-state index in [1.54, 1.807) is 12.1 Å². The van der Waals surface area contributed by atoms with Crippen LogP contribution in [0.4, 0.5) is 34.1 Å². The second-order valence-electron chi connectivity index (χ2n) is 11.6. The van der Waals surface area contributed by atoms with E-state index in [1.165, 1.54) is 44.0 Å². The normalized spacial score (nSPS) is 17.1. The molecule has 3 aromatic rings. The van der Waals surface area contributed by atoms with E-state index in [0.29, 0.717) is 34.2 Å². The second-order valence-corrected chi connectivity index (χ2v) is 11.6. The first-order valence-corrected chi connectivity index (χ1v) is 13.4. The Bertz CT molecular complexity index is 1560. The molecule has 11 heteroatoms. The van der Waals surface area contributed by atoms with Crippen molar-refractivity contribution >= 4 is 34.1 Å². The van der Waals surface area contributed by atoms with Crippen LogP contribution in [-0.4, -0.2) is 37.3 Å². The lowest BCUT2D eigenvalue weighted by molar-refractivity contribution is -0.384. The van der Waals surface area contributed by atoms with E-state index < -0.39 is 4.92 Å². The number of benzene rings is 3. The molecule has 41 heavy (non-hydrogen) atoms. The van der Waals surface area contributed by atoms with Crippen LogP contribution in [-0.2, 0) is 10.8 Å². The highest BCUT2D eigenvalue weighted by molar-refractivity contribution is 5.77. The molecule has 3 aromatic carbocycles. The monoisotopic (exact) mass is 558 g/mol. The highest BCUT2D eigenvalue weighted by atomic mass is 16.6. The van der Waals surface area contributed by atoms with Gasteiger partial charge in [0.25, 0.3) is 5.69 Å². The number of azo groups is 2. The highest BCUT2D eigenvalue weighted by Crippen LogP contribution is 2.55. The molecule has 2 aliphatic rings. The average Bonchev–Trinajstić information content (AvgIpc) is 2.94. The summed E-state index contributed by atoms with van der Waals surface area (Å²) in [6.45, 7) is 10.7. The minimum atomic E-state index is -0.474. The fourth-order valence-corrected chi connectivity index (χ4v) is 5.52. The number of phenols is 1. The maximum absolute atomic E-state index is 11.5. The fraction of sp³-hybridized carbons (Fsp3) is 0.400. The van der Waals surface area contributed by atoms with E-state index in [9.17, 15) is 15.2 Å². The SMILES string of the molecule is COc1cc(/N=N\c2cc3c4c(c2O)C(C)(C)CCN4CCC3(C)C)c(OC)cc1N=Nc1ccc([N+](=O)[O-])cc1. The molecule has 0 aliphatic carbocycles. The van der Waals surface area contributed by atoms with Crippen molar-refractivity contribution < 1.29 is 19.5 Å². The van der Waals surface area contributed by atoms with Gasteiger partial charge in [-0.2, -0.15) is 5.11 Å². The summed E-state index contributed by atoms with van der Waals surface area (Å²) in [6, 6.07) is 11.0. The zero-order valence-corrected chi connectivity index (χ0v) is 24.1. The Balaban J connectivity index is 1.52. The molecule has 1 N–H and O–H groups in total. The fourth-order valence-electron chi connectivity index (χ4n) is 5.52. The third kappa shape index (κ3) is 5.19. The lowest BCUT2D eigenvalue weighted by Gasteiger charge is -2.48. The lowest BCUT2D eigenvalue weighted by atomic mass is 9.69. The Morgan fingerprint density at radius 3 is 1.93 bits per heavy atom. The van der Waals surface area contributed by atoms with Crippen molar-refractivity contribution in [3.05, 3.63) is 63.7 Å². The summed E-state index contributed by atoms with van der Waals surface area (Å²) < 4.78 is 11.1. The Hall–Kier alpha value is -4.54. The van der Waals surface area contributed by atoms with Crippen molar-refractivity contribution in [2.24, 2.45) is 20.5 Å². The number of anilines is 1. The molecule has 2 aliphatic heterocycles. The van der Waals surface area contributed by atoms with E-state index in [4.69, 9.17) is 9.47 Å². The van der Waals surface area contributed by atoms with Gasteiger partial charge in [0.15, 0.2) is 0 Å². The number of phenolic OH excluding ortho intramolecular Hbond substituents is 1. The smallest absolute Gasteiger partial charge is 0.269 e. The molecule has 5 rings (SSSR count). The van der Waals surface area contributed by atoms with Gasteiger partial charge in [0.05, 0.1) is 24.8 Å². The molecular weight excluding hydrogens is 524 g/mol. The van der Waals surface area contributed by atoms with Crippen molar-refractivity contribution in [3.8, 4) is 17.2 Å². The van der Waals surface area contributed by atoms with E-state index in [2.05, 4.69) is 53.1 Å². The maximum atomic E-state index is 11.5. The van der Waals surface area contributed by atoms with Crippen LogP contribution >= 0.6 is 0 Å². The third-order valence-electron chi connectivity index (χ3n) is 8.07. The standard InChI is InChI=1S/C30H34N6O5/c1-29(2)11-13-35-14-12-30(3,4)26-27(35)20(29)15-23(28(26)37)34-33-22-17-24(40-5)21(16-25(22)41-6)32-31-18-7-9-19(10-8-18)36(38)39/h7-10,15-17,37H,11-14H2,1-6H3/b32-31?,34-33-. The van der Waals surface area contributed by atoms with E-state index in [-0.39, 0.29) is 22.3 Å². The van der Waals surface area contributed by atoms with E-state index >= 15 is 0 Å². The lowest BCUT2D eigenvalue weighted by Crippen LogP contribution is -2.44. The Kier molecular flexibility index (Phi) is 7.14. The van der Waals surface area contributed by atoms with Crippen LogP contribution in [0.25, 0.3) is 0 Å². The molecule has 0 unspecified atom stereocenters. The van der Waals surface area contributed by atoms with Crippen LogP contribution in [0.15, 0.2) is 62.9 Å². The first-order valence-electron chi connectivity index (χ1n) is 13.4. The van der Waals surface area contributed by atoms with Gasteiger partial charge in [-0.3, -0.25) is 10.1 Å². The highest BCUT2D eigenvalue weighted by Gasteiger charge is 2.42. The molecule has 0 radical (unpaired) electrons. The van der Waals surface area contributed by atoms with Gasteiger partial charge in [0.1, 0.15) is 34.3 Å². The first kappa shape index (κ1) is 28.0. The minimum Gasteiger partial charge on any atom is -0.505 e. The predicted molar refractivity (Wildman–Crippen MR) is 157 cm³/mol. The summed E-state index contributed by atoms with van der Waals surface area (Å²) in [7, 11) is 3.02. The molecule has 0 aromatic heterocycles. The zero-order valence-electron chi connectivity index (χ0n) is 24.1. The molecule has 0 fully saturated rings. The summed E-state index contributed by atoms with van der Waals surface area (Å²) in [5.74, 6) is 0.922. The summed E-state index contributed by atoms with van der Waals surface area (Å²) in [5.41, 5.74) is 4.55. The van der Waals surface area contributed by atoms with Crippen molar-refractivity contribution in [2.45, 2.75) is 51.4 Å². The number of nitrogens with zero attached hydrogens (tertiary/aromatic N) is 6. The molecule has 0 saturated heterocycles. The maximum Gasteiger partial charge on any atom is 0.269 e. The summed E-state index contributed by atoms with van der Waals surface area (Å²) in [4.78, 5) is 12.8. The molecule has 0 saturated carbocycles. The van der Waals surface area contributed by atoms with Gasteiger partial charge >= 0.3 is 0 Å². The Morgan fingerprint density at radius 1 is 0.829 bits per heavy atom. The molecule has 0 atom stereocenters. The number of aromatic hydroxyl groups is 1. The quantitative estimate of drug-likeness (QED) is 0.176. The average molecular weight is 559 g/mol. The van der Waals surface area contributed by atoms with Crippen LogP contribution in [0.1, 0.15) is 51.7 Å².